The van der Waals surface area contributed by atoms with E-state index in [1.807, 2.05) is 31.2 Å². The van der Waals surface area contributed by atoms with Crippen LogP contribution in [0.25, 0.3) is 22.3 Å². The van der Waals surface area contributed by atoms with Crippen LogP contribution in [0.4, 0.5) is 0 Å². The van der Waals surface area contributed by atoms with Gasteiger partial charge in [-0.25, -0.2) is 0 Å². The Labute approximate surface area is 207 Å². The van der Waals surface area contributed by atoms with Crippen molar-refractivity contribution in [2.75, 3.05) is 0 Å². The van der Waals surface area contributed by atoms with Crippen LogP contribution in [0.5, 0.6) is 11.6 Å². The summed E-state index contributed by atoms with van der Waals surface area (Å²) < 4.78 is 10.4. The summed E-state index contributed by atoms with van der Waals surface area (Å²) in [6.07, 6.45) is 1.78. The molecule has 0 bridgehead atoms. The molecule has 0 spiro atoms. The van der Waals surface area contributed by atoms with E-state index in [9.17, 15) is 0 Å². The van der Waals surface area contributed by atoms with Crippen molar-refractivity contribution in [3.8, 4) is 33.9 Å². The molecule has 3 aromatic carbocycles. The second-order valence-corrected chi connectivity index (χ2v) is 16.7. The number of benzene rings is 3. The van der Waals surface area contributed by atoms with Crippen molar-refractivity contribution in [2.45, 2.75) is 13.8 Å². The second-order valence-electron chi connectivity index (χ2n) is 8.52. The van der Waals surface area contributed by atoms with E-state index in [-0.39, 0.29) is 0 Å². The Balaban J connectivity index is 1.42. The molecule has 164 valence electrons. The van der Waals surface area contributed by atoms with Crippen molar-refractivity contribution >= 4 is 31.7 Å². The van der Waals surface area contributed by atoms with Gasteiger partial charge < -0.3 is 0 Å². The van der Waals surface area contributed by atoms with Gasteiger partial charge in [0.15, 0.2) is 0 Å². The molecule has 2 aromatic heterocycles. The van der Waals surface area contributed by atoms with E-state index in [4.69, 9.17) is 9.72 Å². The van der Waals surface area contributed by atoms with Crippen LogP contribution in [-0.4, -0.2) is 31.7 Å². The zero-order valence-electron chi connectivity index (χ0n) is 19.1. The zero-order chi connectivity index (χ0) is 23.1. The van der Waals surface area contributed by atoms with E-state index in [1.165, 1.54) is 26.6 Å². The van der Waals surface area contributed by atoms with Crippen LogP contribution >= 0.6 is 0 Å². The molecule has 3 heterocycles. The summed E-state index contributed by atoms with van der Waals surface area (Å²) in [7, 11) is 0. The summed E-state index contributed by atoms with van der Waals surface area (Å²) in [5.41, 5.74) is 7.32. The van der Waals surface area contributed by atoms with Gasteiger partial charge in [0.1, 0.15) is 0 Å². The summed E-state index contributed by atoms with van der Waals surface area (Å²) in [4.78, 5) is 9.32. The molecule has 0 atom stereocenters. The number of hydrogen-bond acceptors (Lipinski definition) is 3. The Morgan fingerprint density at radius 3 is 2.38 bits per heavy atom. The fourth-order valence-electron chi connectivity index (χ4n) is 4.47. The molecule has 3 nitrogen and oxygen atoms in total. The molecule has 0 radical (unpaired) electrons. The molecule has 4 heteroatoms. The Morgan fingerprint density at radius 2 is 1.50 bits per heavy atom. The number of pyridine rings is 2. The van der Waals surface area contributed by atoms with E-state index >= 15 is 0 Å². The van der Waals surface area contributed by atoms with Crippen LogP contribution in [0.2, 0.25) is 0 Å². The molecule has 6 rings (SSSR count). The normalized spacial score (nSPS) is 12.3. The average Bonchev–Trinajstić information content (AvgIpc) is 3.18. The molecule has 0 unspecified atom stereocenters. The fourth-order valence-corrected chi connectivity index (χ4v) is 14.7. The third kappa shape index (κ3) is 3.93. The number of nitrogens with zero attached hydrogens (tertiary/aromatic N) is 2. The molecule has 0 saturated carbocycles. The van der Waals surface area contributed by atoms with Crippen molar-refractivity contribution in [1.82, 2.24) is 9.97 Å². The SMILES string of the molecule is Cc1ccnc(Oc2cccc(-c3ccc4[c](c3)[Bi]([c]3cccc(C)n3)[c]3ccccc3-4)c2)c1. The quantitative estimate of drug-likeness (QED) is 0.254. The third-order valence-electron chi connectivity index (χ3n) is 6.06. The number of fused-ring (bicyclic) bond motifs is 3. The van der Waals surface area contributed by atoms with Gasteiger partial charge in [-0.1, -0.05) is 0 Å². The van der Waals surface area contributed by atoms with Crippen molar-refractivity contribution < 1.29 is 4.74 Å². The summed E-state index contributed by atoms with van der Waals surface area (Å²) in [5, 5.41) is 0. The first-order valence-corrected chi connectivity index (χ1v) is 16.6. The first-order chi connectivity index (χ1) is 16.7. The maximum atomic E-state index is 6.06. The summed E-state index contributed by atoms with van der Waals surface area (Å²) in [6, 6.07) is 34.5. The Hall–Kier alpha value is -3.36. The van der Waals surface area contributed by atoms with E-state index in [2.05, 4.69) is 84.7 Å². The summed E-state index contributed by atoms with van der Waals surface area (Å²) in [6.45, 7) is 4.12. The molecular formula is C30H23BiN2O. The minimum absolute atomic E-state index is 0.614. The standard InChI is InChI=1S/C24H17NO.C6H6N.Bi/c1-18-14-15-25-24(16-18)26-23-9-5-8-22(17-23)21-12-10-20(11-13-21)19-6-3-2-4-7-19;1-6-4-2-3-5-7-6;/h2-6,8-10,12-17H,1H3;2-4H,1H3;. The number of aromatic nitrogens is 2. The van der Waals surface area contributed by atoms with Crippen LogP contribution in [0.3, 0.4) is 0 Å². The minimum atomic E-state index is -2.47. The molecular weight excluding hydrogens is 613 g/mol. The van der Waals surface area contributed by atoms with Gasteiger partial charge in [0.2, 0.25) is 0 Å². The van der Waals surface area contributed by atoms with E-state index in [0.29, 0.717) is 5.88 Å². The monoisotopic (exact) mass is 636 g/mol. The van der Waals surface area contributed by atoms with Gasteiger partial charge in [0.25, 0.3) is 0 Å². The predicted octanol–water partition coefficient (Wildman–Crippen LogP) is 5.05. The molecule has 0 aliphatic carbocycles. The molecule has 0 fully saturated rings. The van der Waals surface area contributed by atoms with Crippen LogP contribution in [0.15, 0.2) is 103 Å². The molecule has 0 N–H and O–H groups in total. The molecule has 0 amide bonds. The van der Waals surface area contributed by atoms with Gasteiger partial charge in [-0.3, -0.25) is 0 Å². The number of aryl methyl sites for hydroxylation is 2. The Bertz CT molecular complexity index is 1530. The Kier molecular flexibility index (Phi) is 5.47. The first kappa shape index (κ1) is 21.2. The topological polar surface area (TPSA) is 35.0 Å². The van der Waals surface area contributed by atoms with Crippen molar-refractivity contribution in [3.63, 3.8) is 0 Å². The molecule has 34 heavy (non-hydrogen) atoms. The van der Waals surface area contributed by atoms with Crippen molar-refractivity contribution in [3.05, 3.63) is 115 Å². The number of rotatable bonds is 4. The first-order valence-electron chi connectivity index (χ1n) is 11.3. The van der Waals surface area contributed by atoms with Gasteiger partial charge in [0, 0.05) is 0 Å². The summed E-state index contributed by atoms with van der Waals surface area (Å²) >= 11 is -2.47. The van der Waals surface area contributed by atoms with Crippen LogP contribution < -0.4 is 14.7 Å². The van der Waals surface area contributed by atoms with E-state index < -0.39 is 21.8 Å². The van der Waals surface area contributed by atoms with Crippen molar-refractivity contribution in [2.24, 2.45) is 0 Å². The Morgan fingerprint density at radius 1 is 0.676 bits per heavy atom. The van der Waals surface area contributed by atoms with Gasteiger partial charge >= 0.3 is 209 Å². The molecule has 0 saturated heterocycles. The van der Waals surface area contributed by atoms with E-state index in [1.54, 1.807) is 6.20 Å². The third-order valence-corrected chi connectivity index (χ3v) is 15.5. The average molecular weight is 637 g/mol. The molecule has 1 aliphatic rings. The van der Waals surface area contributed by atoms with Crippen LogP contribution in [-0.2, 0) is 0 Å². The number of hydrogen-bond donors (Lipinski definition) is 0. The van der Waals surface area contributed by atoms with E-state index in [0.717, 1.165) is 22.6 Å². The zero-order valence-corrected chi connectivity index (χ0v) is 22.5. The van der Waals surface area contributed by atoms with Gasteiger partial charge in [0.05, 0.1) is 0 Å². The molecule has 1 aliphatic heterocycles. The maximum absolute atomic E-state index is 6.06. The second kappa shape index (κ2) is 8.78. The van der Waals surface area contributed by atoms with Gasteiger partial charge in [-0.15, -0.1) is 0 Å². The van der Waals surface area contributed by atoms with Gasteiger partial charge in [-0.05, 0) is 0 Å². The van der Waals surface area contributed by atoms with Crippen LogP contribution in [0.1, 0.15) is 11.3 Å². The summed E-state index contributed by atoms with van der Waals surface area (Å²) in [5.74, 6) is 1.40. The fraction of sp³-hybridized carbons (Fsp3) is 0.0667. The van der Waals surface area contributed by atoms with Gasteiger partial charge in [-0.2, -0.15) is 0 Å². The number of ether oxygens (including phenoxy) is 1. The predicted molar refractivity (Wildman–Crippen MR) is 140 cm³/mol. The van der Waals surface area contributed by atoms with Crippen molar-refractivity contribution in [1.29, 1.82) is 0 Å². The van der Waals surface area contributed by atoms with Crippen LogP contribution in [0, 0.1) is 13.8 Å². The molecule has 5 aromatic rings.